The highest BCUT2D eigenvalue weighted by Crippen LogP contribution is 2.37. The molecule has 24 heavy (non-hydrogen) atoms. The van der Waals surface area contributed by atoms with Gasteiger partial charge in [0, 0.05) is 26.1 Å². The van der Waals surface area contributed by atoms with E-state index >= 15 is 0 Å². The maximum Gasteiger partial charge on any atom is 0.128 e. The average molecular weight is 318 g/mol. The molecule has 0 spiro atoms. The lowest BCUT2D eigenvalue weighted by molar-refractivity contribution is 0.575. The Morgan fingerprint density at radius 1 is 0.917 bits per heavy atom. The summed E-state index contributed by atoms with van der Waals surface area (Å²) in [4.78, 5) is 6.89. The van der Waals surface area contributed by atoms with Gasteiger partial charge in [-0.1, -0.05) is 54.6 Å². The molecule has 1 unspecified atom stereocenters. The molecule has 3 aromatic rings. The van der Waals surface area contributed by atoms with Crippen LogP contribution in [0.2, 0.25) is 0 Å². The van der Waals surface area contributed by atoms with E-state index in [0.29, 0.717) is 5.56 Å². The van der Waals surface area contributed by atoms with Gasteiger partial charge in [0.15, 0.2) is 0 Å². The molecule has 0 bridgehead atoms. The number of likely N-dealkylation sites (N-methyl/N-ethyl adjacent to an activating group) is 1. The second kappa shape index (κ2) is 5.75. The van der Waals surface area contributed by atoms with Crippen LogP contribution in [0.4, 0.5) is 4.39 Å². The number of nitrogens with zero attached hydrogens (tertiary/aromatic N) is 2. The van der Waals surface area contributed by atoms with Crippen molar-refractivity contribution in [3.8, 4) is 0 Å². The Morgan fingerprint density at radius 3 is 2.46 bits per heavy atom. The zero-order valence-corrected chi connectivity index (χ0v) is 13.8. The molecule has 120 valence electrons. The summed E-state index contributed by atoms with van der Waals surface area (Å²) in [6.45, 7) is 0. The van der Waals surface area contributed by atoms with Crippen molar-refractivity contribution in [2.45, 2.75) is 12.5 Å². The van der Waals surface area contributed by atoms with Crippen LogP contribution >= 0.6 is 0 Å². The van der Waals surface area contributed by atoms with E-state index in [4.69, 9.17) is 4.99 Å². The predicted octanol–water partition coefficient (Wildman–Crippen LogP) is 4.58. The Balaban J connectivity index is 1.98. The van der Waals surface area contributed by atoms with Crippen molar-refractivity contribution in [1.29, 1.82) is 0 Å². The molecule has 0 radical (unpaired) electrons. The van der Waals surface area contributed by atoms with Gasteiger partial charge in [0.2, 0.25) is 0 Å². The maximum atomic E-state index is 14.4. The molecular weight excluding hydrogens is 299 g/mol. The Morgan fingerprint density at radius 2 is 1.67 bits per heavy atom. The molecule has 1 aliphatic heterocycles. The van der Waals surface area contributed by atoms with Crippen LogP contribution in [0.3, 0.4) is 0 Å². The lowest BCUT2D eigenvalue weighted by Gasteiger charge is -2.29. The first-order chi connectivity index (χ1) is 11.6. The number of halogens is 1. The number of benzene rings is 3. The van der Waals surface area contributed by atoms with E-state index < -0.39 is 0 Å². The van der Waals surface area contributed by atoms with Gasteiger partial charge >= 0.3 is 0 Å². The number of hydrogen-bond donors (Lipinski definition) is 0. The molecule has 0 aliphatic carbocycles. The molecule has 3 heteroatoms. The summed E-state index contributed by atoms with van der Waals surface area (Å²) in [6.07, 6.45) is 0.772. The van der Waals surface area contributed by atoms with Crippen LogP contribution in [0, 0.1) is 5.82 Å². The zero-order valence-electron chi connectivity index (χ0n) is 13.8. The largest absolute Gasteiger partial charge is 0.366 e. The highest BCUT2D eigenvalue weighted by molar-refractivity contribution is 5.95. The molecule has 0 amide bonds. The fourth-order valence-electron chi connectivity index (χ4n) is 3.44. The maximum absolute atomic E-state index is 14.4. The summed E-state index contributed by atoms with van der Waals surface area (Å²) < 4.78 is 14.4. The normalized spacial score (nSPS) is 16.6. The van der Waals surface area contributed by atoms with Crippen molar-refractivity contribution in [3.63, 3.8) is 0 Å². The summed E-state index contributed by atoms with van der Waals surface area (Å²) in [6, 6.07) is 19.2. The number of rotatable bonds is 1. The Labute approximate surface area is 141 Å². The van der Waals surface area contributed by atoms with E-state index in [2.05, 4.69) is 30.3 Å². The molecule has 0 N–H and O–H groups in total. The fourth-order valence-corrected chi connectivity index (χ4v) is 3.44. The average Bonchev–Trinajstić information content (AvgIpc) is 2.61. The van der Waals surface area contributed by atoms with Gasteiger partial charge in [-0.25, -0.2) is 4.39 Å². The van der Waals surface area contributed by atoms with Gasteiger partial charge in [0.25, 0.3) is 0 Å². The number of fused-ring (bicyclic) bond motifs is 3. The minimum Gasteiger partial charge on any atom is -0.366 e. The summed E-state index contributed by atoms with van der Waals surface area (Å²) in [5.41, 5.74) is 2.98. The Bertz CT molecular complexity index is 943. The monoisotopic (exact) mass is 318 g/mol. The lowest BCUT2D eigenvalue weighted by atomic mass is 9.87. The van der Waals surface area contributed by atoms with Crippen LogP contribution in [0.25, 0.3) is 10.8 Å². The summed E-state index contributed by atoms with van der Waals surface area (Å²) in [5.74, 6) is 0.775. The first-order valence-corrected chi connectivity index (χ1v) is 8.14. The molecule has 0 saturated carbocycles. The molecule has 0 saturated heterocycles. The minimum absolute atomic E-state index is 0.203. The van der Waals surface area contributed by atoms with Gasteiger partial charge < -0.3 is 4.90 Å². The van der Waals surface area contributed by atoms with Crippen LogP contribution in [0.15, 0.2) is 65.7 Å². The molecule has 2 nitrogen and oxygen atoms in total. The number of amidine groups is 1. The molecule has 4 rings (SSSR count). The molecule has 1 heterocycles. The summed E-state index contributed by atoms with van der Waals surface area (Å²) >= 11 is 0. The molecule has 3 aromatic carbocycles. The Kier molecular flexibility index (Phi) is 3.57. The van der Waals surface area contributed by atoms with Gasteiger partial charge in [-0.2, -0.15) is 0 Å². The molecule has 1 aliphatic rings. The van der Waals surface area contributed by atoms with E-state index in [0.717, 1.165) is 17.8 Å². The second-order valence-corrected chi connectivity index (χ2v) is 6.40. The van der Waals surface area contributed by atoms with Gasteiger partial charge in [-0.15, -0.1) is 0 Å². The summed E-state index contributed by atoms with van der Waals surface area (Å²) in [5, 5.41) is 2.44. The van der Waals surface area contributed by atoms with Crippen molar-refractivity contribution in [1.82, 2.24) is 4.90 Å². The van der Waals surface area contributed by atoms with Crippen LogP contribution in [-0.4, -0.2) is 24.8 Å². The van der Waals surface area contributed by atoms with Gasteiger partial charge in [0.1, 0.15) is 17.7 Å². The van der Waals surface area contributed by atoms with Crippen molar-refractivity contribution < 1.29 is 4.39 Å². The van der Waals surface area contributed by atoms with E-state index in [-0.39, 0.29) is 11.9 Å². The topological polar surface area (TPSA) is 15.6 Å². The Hall–Kier alpha value is -2.68. The highest BCUT2D eigenvalue weighted by atomic mass is 19.1. The minimum atomic E-state index is -0.294. The molecule has 0 aromatic heterocycles. The smallest absolute Gasteiger partial charge is 0.128 e. The van der Waals surface area contributed by atoms with E-state index in [1.807, 2.05) is 37.2 Å². The third kappa shape index (κ3) is 2.37. The van der Waals surface area contributed by atoms with E-state index in [9.17, 15) is 4.39 Å². The SMILES string of the molecule is CN(C)C1=NC(c2ccccc2F)c2ccc3ccccc3c2C1. The lowest BCUT2D eigenvalue weighted by Crippen LogP contribution is -2.29. The van der Waals surface area contributed by atoms with Crippen molar-refractivity contribution in [2.75, 3.05) is 14.1 Å². The van der Waals surface area contributed by atoms with Crippen LogP contribution < -0.4 is 0 Å². The summed E-state index contributed by atoms with van der Waals surface area (Å²) in [7, 11) is 3.99. The third-order valence-corrected chi connectivity index (χ3v) is 4.70. The second-order valence-electron chi connectivity index (χ2n) is 6.40. The molecular formula is C21H19FN2. The molecule has 1 atom stereocenters. The number of aliphatic imine (C=N–C) groups is 1. The zero-order chi connectivity index (χ0) is 16.7. The highest BCUT2D eigenvalue weighted by Gasteiger charge is 2.27. The quantitative estimate of drug-likeness (QED) is 0.641. The third-order valence-electron chi connectivity index (χ3n) is 4.70. The fraction of sp³-hybridized carbons (Fsp3) is 0.190. The standard InChI is InChI=1S/C21H19FN2/c1-24(2)20-13-18-15-8-4-3-7-14(15)11-12-16(18)21(23-20)17-9-5-6-10-19(17)22/h3-12,21H,13H2,1-2H3. The van der Waals surface area contributed by atoms with E-state index in [1.165, 1.54) is 22.4 Å². The van der Waals surface area contributed by atoms with Crippen molar-refractivity contribution in [2.24, 2.45) is 4.99 Å². The van der Waals surface area contributed by atoms with Crippen molar-refractivity contribution >= 4 is 16.6 Å². The first-order valence-electron chi connectivity index (χ1n) is 8.14. The molecule has 0 fully saturated rings. The predicted molar refractivity (Wildman–Crippen MR) is 97.0 cm³/mol. The van der Waals surface area contributed by atoms with Gasteiger partial charge in [-0.3, -0.25) is 4.99 Å². The van der Waals surface area contributed by atoms with Crippen LogP contribution in [0.5, 0.6) is 0 Å². The van der Waals surface area contributed by atoms with E-state index in [1.54, 1.807) is 6.07 Å². The van der Waals surface area contributed by atoms with Crippen LogP contribution in [0.1, 0.15) is 22.7 Å². The van der Waals surface area contributed by atoms with Gasteiger partial charge in [-0.05, 0) is 28.0 Å². The number of hydrogen-bond acceptors (Lipinski definition) is 2. The first kappa shape index (κ1) is 14.9. The van der Waals surface area contributed by atoms with Gasteiger partial charge in [0.05, 0.1) is 0 Å². The van der Waals surface area contributed by atoms with Crippen molar-refractivity contribution in [3.05, 3.63) is 83.2 Å². The van der Waals surface area contributed by atoms with Crippen LogP contribution in [-0.2, 0) is 6.42 Å².